The van der Waals surface area contributed by atoms with Crippen LogP contribution in [0.2, 0.25) is 0 Å². The van der Waals surface area contributed by atoms with E-state index in [0.717, 1.165) is 0 Å². The van der Waals surface area contributed by atoms with Crippen molar-refractivity contribution < 1.29 is 24.2 Å². The Kier molecular flexibility index (Phi) is 10.7. The van der Waals surface area contributed by atoms with Gasteiger partial charge in [-0.1, -0.05) is 0 Å². The minimum Gasteiger partial charge on any atom is -0.481 e. The van der Waals surface area contributed by atoms with Crippen LogP contribution in [0.4, 0.5) is 4.79 Å². The molecule has 0 aliphatic rings. The van der Waals surface area contributed by atoms with Gasteiger partial charge in [0.15, 0.2) is 0 Å². The molecule has 0 rings (SSSR count). The molecule has 20 heavy (non-hydrogen) atoms. The summed E-state index contributed by atoms with van der Waals surface area (Å²) in [5.74, 6) is -0.907. The maximum absolute atomic E-state index is 11.9. The van der Waals surface area contributed by atoms with Gasteiger partial charge in [0.05, 0.1) is 19.6 Å². The van der Waals surface area contributed by atoms with Crippen LogP contribution >= 0.6 is 0 Å². The maximum atomic E-state index is 11.9. The lowest BCUT2D eigenvalue weighted by Crippen LogP contribution is -2.46. The van der Waals surface area contributed by atoms with E-state index < -0.39 is 5.97 Å². The van der Waals surface area contributed by atoms with E-state index in [1.807, 2.05) is 6.92 Å². The number of carbonyl (C=O) groups excluding carboxylic acids is 1. The predicted molar refractivity (Wildman–Crippen MR) is 74.8 cm³/mol. The summed E-state index contributed by atoms with van der Waals surface area (Å²) in [6.45, 7) is 6.19. The summed E-state index contributed by atoms with van der Waals surface area (Å²) in [4.78, 5) is 24.1. The second-order valence-electron chi connectivity index (χ2n) is 4.42. The first kappa shape index (κ1) is 18.7. The molecule has 0 bridgehead atoms. The average Bonchev–Trinajstić information content (AvgIpc) is 2.37. The molecule has 0 aromatic rings. The Morgan fingerprint density at radius 3 is 2.55 bits per heavy atom. The summed E-state index contributed by atoms with van der Waals surface area (Å²) in [6, 6.07) is -0.561. The highest BCUT2D eigenvalue weighted by Gasteiger charge is 2.20. The molecule has 0 spiro atoms. The highest BCUT2D eigenvalue weighted by Crippen LogP contribution is 2.04. The van der Waals surface area contributed by atoms with Crippen molar-refractivity contribution in [1.29, 1.82) is 0 Å². The Balaban J connectivity index is 3.84. The monoisotopic (exact) mass is 290 g/mol. The fourth-order valence-electron chi connectivity index (χ4n) is 1.73. The molecule has 1 atom stereocenters. The van der Waals surface area contributed by atoms with E-state index in [2.05, 4.69) is 5.32 Å². The number of urea groups is 1. The van der Waals surface area contributed by atoms with Crippen molar-refractivity contribution in [3.05, 3.63) is 0 Å². The van der Waals surface area contributed by atoms with Crippen LogP contribution in [0.1, 0.15) is 26.7 Å². The van der Waals surface area contributed by atoms with Gasteiger partial charge < -0.3 is 24.8 Å². The number of nitrogens with zero attached hydrogens (tertiary/aromatic N) is 1. The van der Waals surface area contributed by atoms with Crippen LogP contribution in [-0.2, 0) is 14.3 Å². The number of nitrogens with one attached hydrogen (secondary N) is 1. The Bertz CT molecular complexity index is 286. The normalized spacial score (nSPS) is 11.9. The first-order valence-corrected chi connectivity index (χ1v) is 6.85. The highest BCUT2D eigenvalue weighted by atomic mass is 16.5. The Hall–Kier alpha value is -1.34. The van der Waals surface area contributed by atoms with E-state index in [1.54, 1.807) is 14.0 Å². The van der Waals surface area contributed by atoms with Crippen LogP contribution in [0.15, 0.2) is 0 Å². The summed E-state index contributed by atoms with van der Waals surface area (Å²) in [6.07, 6.45) is 0.654. The van der Waals surface area contributed by atoms with E-state index >= 15 is 0 Å². The second-order valence-corrected chi connectivity index (χ2v) is 4.42. The third-order valence-corrected chi connectivity index (χ3v) is 2.78. The van der Waals surface area contributed by atoms with Gasteiger partial charge in [-0.3, -0.25) is 4.79 Å². The van der Waals surface area contributed by atoms with Gasteiger partial charge in [0.2, 0.25) is 0 Å². The van der Waals surface area contributed by atoms with E-state index in [4.69, 9.17) is 14.6 Å². The first-order chi connectivity index (χ1) is 9.52. The van der Waals surface area contributed by atoms with Crippen LogP contribution in [0, 0.1) is 0 Å². The molecular formula is C13H26N2O5. The number of hydrogen-bond acceptors (Lipinski definition) is 4. The standard InChI is InChI=1S/C13H26N2O5/c1-4-15(11(2)10-12(16)17)13(18)14-6-5-7-20-9-8-19-3/h11H,4-10H2,1-3H3,(H,14,18)(H,16,17). The molecule has 7 heteroatoms. The van der Waals surface area contributed by atoms with Gasteiger partial charge in [-0.05, 0) is 20.3 Å². The molecule has 7 nitrogen and oxygen atoms in total. The second kappa shape index (κ2) is 11.5. The average molecular weight is 290 g/mol. The lowest BCUT2D eigenvalue weighted by atomic mass is 10.2. The van der Waals surface area contributed by atoms with Crippen LogP contribution in [-0.4, -0.2) is 68.1 Å². The van der Waals surface area contributed by atoms with Crippen molar-refractivity contribution in [2.75, 3.05) is 40.0 Å². The van der Waals surface area contributed by atoms with Crippen molar-refractivity contribution in [2.45, 2.75) is 32.7 Å². The predicted octanol–water partition coefficient (Wildman–Crippen LogP) is 0.934. The van der Waals surface area contributed by atoms with Gasteiger partial charge in [-0.15, -0.1) is 0 Å². The molecule has 0 aromatic carbocycles. The number of rotatable bonds is 11. The summed E-state index contributed by atoms with van der Waals surface area (Å²) in [5, 5.41) is 11.5. The zero-order chi connectivity index (χ0) is 15.4. The smallest absolute Gasteiger partial charge is 0.317 e. The molecule has 0 aliphatic heterocycles. The Labute approximate surface area is 120 Å². The number of carbonyl (C=O) groups is 2. The topological polar surface area (TPSA) is 88.1 Å². The van der Waals surface area contributed by atoms with E-state index in [-0.39, 0.29) is 18.5 Å². The highest BCUT2D eigenvalue weighted by molar-refractivity contribution is 5.75. The first-order valence-electron chi connectivity index (χ1n) is 6.85. The minimum atomic E-state index is -0.907. The van der Waals surface area contributed by atoms with Crippen LogP contribution in [0.3, 0.4) is 0 Å². The number of aliphatic carboxylic acids is 1. The molecule has 0 aliphatic carbocycles. The van der Waals surface area contributed by atoms with Crippen molar-refractivity contribution in [3.63, 3.8) is 0 Å². The molecule has 118 valence electrons. The lowest BCUT2D eigenvalue weighted by Gasteiger charge is -2.27. The third-order valence-electron chi connectivity index (χ3n) is 2.78. The van der Waals surface area contributed by atoms with Gasteiger partial charge in [0.25, 0.3) is 0 Å². The molecule has 0 radical (unpaired) electrons. The van der Waals surface area contributed by atoms with E-state index in [1.165, 1.54) is 4.90 Å². The molecule has 2 N–H and O–H groups in total. The van der Waals surface area contributed by atoms with Crippen molar-refractivity contribution in [3.8, 4) is 0 Å². The largest absolute Gasteiger partial charge is 0.481 e. The fourth-order valence-corrected chi connectivity index (χ4v) is 1.73. The van der Waals surface area contributed by atoms with Crippen molar-refractivity contribution in [1.82, 2.24) is 10.2 Å². The third kappa shape index (κ3) is 8.71. The summed E-state index contributed by atoms with van der Waals surface area (Å²) >= 11 is 0. The molecule has 0 aromatic heterocycles. The van der Waals surface area contributed by atoms with Crippen LogP contribution in [0.25, 0.3) is 0 Å². The van der Waals surface area contributed by atoms with Crippen LogP contribution < -0.4 is 5.32 Å². The van der Waals surface area contributed by atoms with Crippen molar-refractivity contribution >= 4 is 12.0 Å². The number of amides is 2. The van der Waals surface area contributed by atoms with Crippen molar-refractivity contribution in [2.24, 2.45) is 0 Å². The summed E-state index contributed by atoms with van der Waals surface area (Å²) in [7, 11) is 1.61. The Morgan fingerprint density at radius 1 is 1.30 bits per heavy atom. The zero-order valence-electron chi connectivity index (χ0n) is 12.6. The minimum absolute atomic E-state index is 0.0542. The van der Waals surface area contributed by atoms with Gasteiger partial charge in [0, 0.05) is 32.8 Å². The van der Waals surface area contributed by atoms with E-state index in [0.29, 0.717) is 39.3 Å². The van der Waals surface area contributed by atoms with E-state index in [9.17, 15) is 9.59 Å². The van der Waals surface area contributed by atoms with Gasteiger partial charge >= 0.3 is 12.0 Å². The molecule has 0 fully saturated rings. The van der Waals surface area contributed by atoms with Gasteiger partial charge in [0.1, 0.15) is 0 Å². The zero-order valence-corrected chi connectivity index (χ0v) is 12.6. The lowest BCUT2D eigenvalue weighted by molar-refractivity contribution is -0.138. The summed E-state index contributed by atoms with van der Waals surface area (Å²) < 4.78 is 10.1. The molecule has 0 saturated heterocycles. The van der Waals surface area contributed by atoms with Crippen LogP contribution in [0.5, 0.6) is 0 Å². The number of hydrogen-bond donors (Lipinski definition) is 2. The SMILES string of the molecule is CCN(C(=O)NCCCOCCOC)C(C)CC(=O)O. The molecule has 2 amide bonds. The molecular weight excluding hydrogens is 264 g/mol. The molecule has 1 unspecified atom stereocenters. The summed E-state index contributed by atoms with van der Waals surface area (Å²) in [5.41, 5.74) is 0. The number of ether oxygens (including phenoxy) is 2. The maximum Gasteiger partial charge on any atom is 0.317 e. The Morgan fingerprint density at radius 2 is 2.00 bits per heavy atom. The number of methoxy groups -OCH3 is 1. The number of carboxylic acid groups (broad SMARTS) is 1. The molecule has 0 heterocycles. The number of carboxylic acids is 1. The quantitative estimate of drug-likeness (QED) is 0.553. The molecule has 0 saturated carbocycles. The van der Waals surface area contributed by atoms with Gasteiger partial charge in [-0.2, -0.15) is 0 Å². The van der Waals surface area contributed by atoms with Gasteiger partial charge in [-0.25, -0.2) is 4.79 Å². The fraction of sp³-hybridized carbons (Fsp3) is 0.846.